The van der Waals surface area contributed by atoms with Crippen LogP contribution in [0.3, 0.4) is 0 Å². The molecule has 0 radical (unpaired) electrons. The smallest absolute Gasteiger partial charge is 0.131 e. The van der Waals surface area contributed by atoms with Gasteiger partial charge in [0.05, 0.1) is 0 Å². The Kier molecular flexibility index (Phi) is 5.08. The maximum Gasteiger partial charge on any atom is 0.131 e. The normalized spacial score (nSPS) is 10.7. The van der Waals surface area contributed by atoms with Crippen molar-refractivity contribution in [3.63, 3.8) is 0 Å². The Morgan fingerprint density at radius 1 is 0.290 bits per heavy atom. The molecule has 0 saturated carbocycles. The Labute approximate surface area is 182 Å². The fourth-order valence-corrected chi connectivity index (χ4v) is 3.96. The summed E-state index contributed by atoms with van der Waals surface area (Å²) in [5.74, 6) is 0.308. The van der Waals surface area contributed by atoms with Crippen LogP contribution >= 0.6 is 0 Å². The molecule has 0 unspecified atom stereocenters. The zero-order valence-electron chi connectivity index (χ0n) is 17.1. The van der Waals surface area contributed by atoms with E-state index >= 15 is 0 Å². The van der Waals surface area contributed by atoms with Crippen LogP contribution in [0.2, 0.25) is 0 Å². The minimum Gasteiger partial charge on any atom is -0.507 e. The molecule has 0 aromatic heterocycles. The van der Waals surface area contributed by atoms with Crippen molar-refractivity contribution < 1.29 is 5.11 Å². The Morgan fingerprint density at radius 3 is 1.00 bits per heavy atom. The van der Waals surface area contributed by atoms with Crippen LogP contribution in [-0.2, 0) is 0 Å². The van der Waals surface area contributed by atoms with Gasteiger partial charge in [0.25, 0.3) is 0 Å². The maximum absolute atomic E-state index is 11.1. The lowest BCUT2D eigenvalue weighted by Crippen LogP contribution is -1.85. The number of rotatable bonds is 4. The van der Waals surface area contributed by atoms with E-state index in [0.717, 1.165) is 33.4 Å². The van der Waals surface area contributed by atoms with Gasteiger partial charge in [0.15, 0.2) is 0 Å². The number of benzene rings is 5. The summed E-state index contributed by atoms with van der Waals surface area (Å²) in [6.07, 6.45) is 0. The molecule has 0 aliphatic carbocycles. The van der Waals surface area contributed by atoms with Crippen LogP contribution in [0.1, 0.15) is 0 Å². The van der Waals surface area contributed by atoms with E-state index in [2.05, 4.69) is 72.8 Å². The lowest BCUT2D eigenvalue weighted by atomic mass is 9.95. The Balaban J connectivity index is 1.47. The van der Waals surface area contributed by atoms with Crippen molar-refractivity contribution in [3.05, 3.63) is 127 Å². The second-order valence-electron chi connectivity index (χ2n) is 7.59. The van der Waals surface area contributed by atoms with Crippen molar-refractivity contribution in [3.8, 4) is 50.3 Å². The minimum absolute atomic E-state index is 0.308. The van der Waals surface area contributed by atoms with E-state index in [9.17, 15) is 5.11 Å². The van der Waals surface area contributed by atoms with Crippen LogP contribution in [0.15, 0.2) is 127 Å². The molecule has 1 nitrogen and oxygen atoms in total. The van der Waals surface area contributed by atoms with E-state index in [4.69, 9.17) is 0 Å². The zero-order valence-corrected chi connectivity index (χ0v) is 17.1. The van der Waals surface area contributed by atoms with Gasteiger partial charge < -0.3 is 5.11 Å². The molecule has 5 aromatic carbocycles. The average molecular weight is 399 g/mol. The molecular weight excluding hydrogens is 376 g/mol. The number of phenolic OH excluding ortho intramolecular Hbond substituents is 1. The SMILES string of the molecule is Oc1c(-c2ccc(-c3ccccc3)cc2)cccc1-c1ccc(-c2ccccc2)cc1. The molecule has 0 saturated heterocycles. The van der Waals surface area contributed by atoms with Gasteiger partial charge in [0.2, 0.25) is 0 Å². The largest absolute Gasteiger partial charge is 0.507 e. The second kappa shape index (κ2) is 8.33. The van der Waals surface area contributed by atoms with Crippen molar-refractivity contribution in [1.82, 2.24) is 0 Å². The standard InChI is InChI=1S/C30H22O/c31-30-28(26-18-14-24(15-19-26)22-8-3-1-4-9-22)12-7-13-29(30)27-20-16-25(17-21-27)23-10-5-2-6-11-23/h1-21,31H. The van der Waals surface area contributed by atoms with Gasteiger partial charge >= 0.3 is 0 Å². The summed E-state index contributed by atoms with van der Waals surface area (Å²) in [7, 11) is 0. The van der Waals surface area contributed by atoms with E-state index < -0.39 is 0 Å². The lowest BCUT2D eigenvalue weighted by molar-refractivity contribution is 0.479. The molecular formula is C30H22O. The van der Waals surface area contributed by atoms with Gasteiger partial charge in [-0.2, -0.15) is 0 Å². The van der Waals surface area contributed by atoms with Gasteiger partial charge in [-0.1, -0.05) is 127 Å². The van der Waals surface area contributed by atoms with E-state index in [1.54, 1.807) is 0 Å². The van der Waals surface area contributed by atoms with Crippen LogP contribution in [0.25, 0.3) is 44.5 Å². The van der Waals surface area contributed by atoms with Crippen molar-refractivity contribution >= 4 is 0 Å². The van der Waals surface area contributed by atoms with Crippen LogP contribution in [0.4, 0.5) is 0 Å². The van der Waals surface area contributed by atoms with Gasteiger partial charge in [-0.15, -0.1) is 0 Å². The first kappa shape index (κ1) is 18.9. The maximum atomic E-state index is 11.1. The molecule has 148 valence electrons. The predicted octanol–water partition coefficient (Wildman–Crippen LogP) is 8.06. The number of hydrogen-bond acceptors (Lipinski definition) is 1. The topological polar surface area (TPSA) is 20.2 Å². The summed E-state index contributed by atoms with van der Waals surface area (Å²) in [4.78, 5) is 0. The third-order valence-corrected chi connectivity index (χ3v) is 5.64. The summed E-state index contributed by atoms with van der Waals surface area (Å²) in [5, 5.41) is 11.1. The molecule has 0 bridgehead atoms. The number of hydrogen-bond donors (Lipinski definition) is 1. The van der Waals surface area contributed by atoms with Crippen LogP contribution in [-0.4, -0.2) is 5.11 Å². The predicted molar refractivity (Wildman–Crippen MR) is 130 cm³/mol. The average Bonchev–Trinajstić information content (AvgIpc) is 2.86. The first-order valence-corrected chi connectivity index (χ1v) is 10.4. The number of para-hydroxylation sites is 1. The molecule has 5 rings (SSSR count). The fraction of sp³-hybridized carbons (Fsp3) is 0. The van der Waals surface area contributed by atoms with Crippen LogP contribution < -0.4 is 0 Å². The Morgan fingerprint density at radius 2 is 0.613 bits per heavy atom. The van der Waals surface area contributed by atoms with Crippen LogP contribution in [0, 0.1) is 0 Å². The van der Waals surface area contributed by atoms with E-state index in [0.29, 0.717) is 5.75 Å². The monoisotopic (exact) mass is 398 g/mol. The zero-order chi connectivity index (χ0) is 21.0. The van der Waals surface area contributed by atoms with Crippen molar-refractivity contribution in [2.24, 2.45) is 0 Å². The molecule has 5 aromatic rings. The van der Waals surface area contributed by atoms with Crippen molar-refractivity contribution in [2.45, 2.75) is 0 Å². The van der Waals surface area contributed by atoms with E-state index in [1.807, 2.05) is 54.6 Å². The van der Waals surface area contributed by atoms with E-state index in [-0.39, 0.29) is 0 Å². The van der Waals surface area contributed by atoms with E-state index in [1.165, 1.54) is 11.1 Å². The highest BCUT2D eigenvalue weighted by Crippen LogP contribution is 2.39. The minimum atomic E-state index is 0.308. The van der Waals surface area contributed by atoms with Crippen molar-refractivity contribution in [1.29, 1.82) is 0 Å². The van der Waals surface area contributed by atoms with Crippen molar-refractivity contribution in [2.75, 3.05) is 0 Å². The molecule has 0 aliphatic rings. The molecule has 31 heavy (non-hydrogen) atoms. The summed E-state index contributed by atoms with van der Waals surface area (Å²) in [5.41, 5.74) is 8.37. The van der Waals surface area contributed by atoms with Gasteiger partial charge in [0, 0.05) is 11.1 Å². The lowest BCUT2D eigenvalue weighted by Gasteiger charge is -2.12. The molecule has 0 heterocycles. The first-order chi connectivity index (χ1) is 15.3. The summed E-state index contributed by atoms with van der Waals surface area (Å²) in [6, 6.07) is 43.3. The molecule has 0 aliphatic heterocycles. The van der Waals surface area contributed by atoms with Crippen LogP contribution in [0.5, 0.6) is 5.75 Å². The molecule has 1 heteroatoms. The first-order valence-electron chi connectivity index (χ1n) is 10.4. The number of aromatic hydroxyl groups is 1. The Bertz CT molecular complexity index is 1190. The Hall–Kier alpha value is -4.10. The third kappa shape index (κ3) is 3.86. The quantitative estimate of drug-likeness (QED) is 0.324. The molecule has 0 amide bonds. The molecule has 0 spiro atoms. The number of phenols is 1. The summed E-state index contributed by atoms with van der Waals surface area (Å²) >= 11 is 0. The molecule has 0 fully saturated rings. The highest BCUT2D eigenvalue weighted by Gasteiger charge is 2.11. The van der Waals surface area contributed by atoms with Gasteiger partial charge in [-0.25, -0.2) is 0 Å². The van der Waals surface area contributed by atoms with Gasteiger partial charge in [0.1, 0.15) is 5.75 Å². The highest BCUT2D eigenvalue weighted by atomic mass is 16.3. The molecule has 0 atom stereocenters. The summed E-state index contributed by atoms with van der Waals surface area (Å²) in [6.45, 7) is 0. The summed E-state index contributed by atoms with van der Waals surface area (Å²) < 4.78 is 0. The van der Waals surface area contributed by atoms with Gasteiger partial charge in [-0.3, -0.25) is 0 Å². The highest BCUT2D eigenvalue weighted by molar-refractivity contribution is 5.83. The fourth-order valence-electron chi connectivity index (χ4n) is 3.96. The second-order valence-corrected chi connectivity index (χ2v) is 7.59. The third-order valence-electron chi connectivity index (χ3n) is 5.64. The molecule has 1 N–H and O–H groups in total. The van der Waals surface area contributed by atoms with Gasteiger partial charge in [-0.05, 0) is 33.4 Å².